The maximum atomic E-state index is 4.30. The van der Waals surface area contributed by atoms with Crippen LogP contribution in [0.1, 0.15) is 0 Å². The number of pyridine rings is 1. The third-order valence-corrected chi connectivity index (χ3v) is 2.84. The van der Waals surface area contributed by atoms with Gasteiger partial charge < -0.3 is 0 Å². The molecule has 3 aromatic heterocycles. The van der Waals surface area contributed by atoms with Gasteiger partial charge in [0.1, 0.15) is 24.8 Å². The van der Waals surface area contributed by atoms with Crippen molar-refractivity contribution in [1.82, 2.24) is 14.1 Å². The van der Waals surface area contributed by atoms with E-state index in [4.69, 9.17) is 0 Å². The molecule has 3 aromatic rings. The molecule has 0 saturated carbocycles. The molecule has 0 fully saturated rings. The van der Waals surface area contributed by atoms with Gasteiger partial charge in [-0.1, -0.05) is 0 Å². The number of aryl methyl sites for hydroxylation is 2. The Labute approximate surface area is 105 Å². The molecule has 0 aliphatic heterocycles. The fourth-order valence-electron chi connectivity index (χ4n) is 1.90. The second kappa shape index (κ2) is 4.10. The van der Waals surface area contributed by atoms with E-state index >= 15 is 0 Å². The van der Waals surface area contributed by atoms with Crippen molar-refractivity contribution < 1.29 is 9.13 Å². The molecule has 90 valence electrons. The Morgan fingerprint density at radius 2 is 1.39 bits per heavy atom. The lowest BCUT2D eigenvalue weighted by molar-refractivity contribution is -0.670. The van der Waals surface area contributed by atoms with Crippen molar-refractivity contribution >= 4 is 0 Å². The van der Waals surface area contributed by atoms with Crippen LogP contribution >= 0.6 is 0 Å². The molecular weight excluding hydrogens is 226 g/mol. The van der Waals surface area contributed by atoms with Crippen molar-refractivity contribution in [3.63, 3.8) is 0 Å². The standard InChI is InChI=1S/C13H15N5/c1-15-3-5-17(10-15)12-7-13(9-14-8-12)18-6-4-16(2)11-18/h3-11H,1-2H3/q+2. The van der Waals surface area contributed by atoms with E-state index in [0.717, 1.165) is 11.4 Å². The van der Waals surface area contributed by atoms with Gasteiger partial charge in [0.05, 0.1) is 26.5 Å². The minimum absolute atomic E-state index is 1.05. The molecule has 5 heteroatoms. The molecule has 18 heavy (non-hydrogen) atoms. The fourth-order valence-corrected chi connectivity index (χ4v) is 1.90. The summed E-state index contributed by atoms with van der Waals surface area (Å²) >= 11 is 0. The van der Waals surface area contributed by atoms with Crippen LogP contribution in [0.4, 0.5) is 0 Å². The summed E-state index contributed by atoms with van der Waals surface area (Å²) in [4.78, 5) is 4.30. The number of hydrogen-bond acceptors (Lipinski definition) is 1. The molecule has 3 heterocycles. The van der Waals surface area contributed by atoms with Gasteiger partial charge in [-0.25, -0.2) is 18.3 Å². The van der Waals surface area contributed by atoms with Crippen LogP contribution in [0, 0.1) is 0 Å². The first-order valence-corrected chi connectivity index (χ1v) is 5.74. The zero-order chi connectivity index (χ0) is 12.5. The normalized spacial score (nSPS) is 10.8. The Kier molecular flexibility index (Phi) is 2.44. The van der Waals surface area contributed by atoms with Crippen LogP contribution in [-0.2, 0) is 14.1 Å². The molecule has 3 rings (SSSR count). The number of rotatable bonds is 2. The van der Waals surface area contributed by atoms with E-state index in [2.05, 4.69) is 11.1 Å². The highest BCUT2D eigenvalue weighted by Gasteiger charge is 2.09. The van der Waals surface area contributed by atoms with E-state index in [0.29, 0.717) is 0 Å². The summed E-state index contributed by atoms with van der Waals surface area (Å²) in [6.07, 6.45) is 15.8. The second-order valence-electron chi connectivity index (χ2n) is 4.37. The van der Waals surface area contributed by atoms with E-state index in [1.165, 1.54) is 0 Å². The Morgan fingerprint density at radius 3 is 1.78 bits per heavy atom. The lowest BCUT2D eigenvalue weighted by atomic mass is 10.3. The van der Waals surface area contributed by atoms with Gasteiger partial charge in [-0.2, -0.15) is 0 Å². The highest BCUT2D eigenvalue weighted by atomic mass is 15.1. The molecule has 0 aliphatic carbocycles. The monoisotopic (exact) mass is 241 g/mol. The van der Waals surface area contributed by atoms with E-state index in [9.17, 15) is 0 Å². The SMILES string of the molecule is C[n+]1ccn(-c2cncc(-n3cc[n+](C)c3)c2)c1. The van der Waals surface area contributed by atoms with Gasteiger partial charge in [0.2, 0.25) is 12.7 Å². The Hall–Kier alpha value is -2.43. The predicted octanol–water partition coefficient (Wildman–Crippen LogP) is 0.312. The van der Waals surface area contributed by atoms with Gasteiger partial charge in [0, 0.05) is 6.07 Å². The quantitative estimate of drug-likeness (QED) is 0.594. The maximum Gasteiger partial charge on any atom is 0.248 e. The number of imidazole rings is 2. The molecule has 0 unspecified atom stereocenters. The Balaban J connectivity index is 2.04. The second-order valence-corrected chi connectivity index (χ2v) is 4.37. The summed E-state index contributed by atoms with van der Waals surface area (Å²) in [6.45, 7) is 0. The van der Waals surface area contributed by atoms with Crippen LogP contribution in [0.5, 0.6) is 0 Å². The van der Waals surface area contributed by atoms with E-state index in [1.807, 2.05) is 82.2 Å². The third-order valence-electron chi connectivity index (χ3n) is 2.84. The Bertz CT molecular complexity index is 625. The average Bonchev–Trinajstić information content (AvgIpc) is 2.98. The van der Waals surface area contributed by atoms with Crippen LogP contribution in [-0.4, -0.2) is 14.1 Å². The zero-order valence-electron chi connectivity index (χ0n) is 10.4. The van der Waals surface area contributed by atoms with Crippen LogP contribution in [0.3, 0.4) is 0 Å². The summed E-state index contributed by atoms with van der Waals surface area (Å²) in [5, 5.41) is 0. The summed E-state index contributed by atoms with van der Waals surface area (Å²) in [5.74, 6) is 0. The fraction of sp³-hybridized carbons (Fsp3) is 0.154. The minimum Gasteiger partial charge on any atom is -0.256 e. The molecule has 0 aromatic carbocycles. The van der Waals surface area contributed by atoms with E-state index in [1.54, 1.807) is 0 Å². The maximum absolute atomic E-state index is 4.30. The van der Waals surface area contributed by atoms with E-state index in [-0.39, 0.29) is 0 Å². The van der Waals surface area contributed by atoms with Crippen molar-refractivity contribution in [3.05, 3.63) is 55.9 Å². The van der Waals surface area contributed by atoms with Gasteiger partial charge >= 0.3 is 0 Å². The molecule has 0 aliphatic rings. The topological polar surface area (TPSA) is 30.5 Å². The first kappa shape index (κ1) is 10.7. The summed E-state index contributed by atoms with van der Waals surface area (Å²) < 4.78 is 8.09. The number of aromatic nitrogens is 5. The zero-order valence-corrected chi connectivity index (χ0v) is 10.4. The molecule has 0 atom stereocenters. The molecule has 5 nitrogen and oxygen atoms in total. The molecular formula is C13H15N5+2. The van der Waals surface area contributed by atoms with Gasteiger partial charge in [-0.15, -0.1) is 0 Å². The van der Waals surface area contributed by atoms with Gasteiger partial charge in [-0.05, 0) is 0 Å². The van der Waals surface area contributed by atoms with Crippen LogP contribution in [0.15, 0.2) is 55.9 Å². The smallest absolute Gasteiger partial charge is 0.248 e. The number of hydrogen-bond donors (Lipinski definition) is 0. The highest BCUT2D eigenvalue weighted by molar-refractivity contribution is 5.39. The lowest BCUT2D eigenvalue weighted by Gasteiger charge is -1.97. The first-order chi connectivity index (χ1) is 8.72. The summed E-state index contributed by atoms with van der Waals surface area (Å²) in [6, 6.07) is 2.10. The van der Waals surface area contributed by atoms with Crippen molar-refractivity contribution in [2.24, 2.45) is 14.1 Å². The molecule has 0 spiro atoms. The third kappa shape index (κ3) is 1.90. The van der Waals surface area contributed by atoms with Crippen molar-refractivity contribution in [3.8, 4) is 11.4 Å². The first-order valence-electron chi connectivity index (χ1n) is 5.74. The highest BCUT2D eigenvalue weighted by Crippen LogP contribution is 2.11. The van der Waals surface area contributed by atoms with E-state index < -0.39 is 0 Å². The molecule has 0 amide bonds. The predicted molar refractivity (Wildman–Crippen MR) is 65.2 cm³/mol. The number of nitrogens with zero attached hydrogens (tertiary/aromatic N) is 5. The molecule has 0 bridgehead atoms. The average molecular weight is 241 g/mol. The minimum atomic E-state index is 1.05. The van der Waals surface area contributed by atoms with Gasteiger partial charge in [0.15, 0.2) is 11.4 Å². The van der Waals surface area contributed by atoms with Gasteiger partial charge in [-0.3, -0.25) is 4.98 Å². The van der Waals surface area contributed by atoms with Gasteiger partial charge in [0.25, 0.3) is 0 Å². The van der Waals surface area contributed by atoms with Crippen molar-refractivity contribution in [1.29, 1.82) is 0 Å². The van der Waals surface area contributed by atoms with Crippen LogP contribution in [0.25, 0.3) is 11.4 Å². The van der Waals surface area contributed by atoms with Crippen LogP contribution < -0.4 is 9.13 Å². The lowest BCUT2D eigenvalue weighted by Crippen LogP contribution is -2.23. The largest absolute Gasteiger partial charge is 0.256 e. The molecule has 0 radical (unpaired) electrons. The van der Waals surface area contributed by atoms with Crippen molar-refractivity contribution in [2.75, 3.05) is 0 Å². The molecule has 0 N–H and O–H groups in total. The Morgan fingerprint density at radius 1 is 0.889 bits per heavy atom. The van der Waals surface area contributed by atoms with Crippen molar-refractivity contribution in [2.45, 2.75) is 0 Å². The van der Waals surface area contributed by atoms with Crippen LogP contribution in [0.2, 0.25) is 0 Å². The summed E-state index contributed by atoms with van der Waals surface area (Å²) in [7, 11) is 4.00. The summed E-state index contributed by atoms with van der Waals surface area (Å²) in [5.41, 5.74) is 2.09. The molecule has 0 saturated heterocycles.